The molecule has 0 radical (unpaired) electrons. The first-order chi connectivity index (χ1) is 55.6. The van der Waals surface area contributed by atoms with Crippen molar-refractivity contribution >= 4 is 82.8 Å². The standard InChI is InChI=1S/C78H124N14O26/c1-16-41(8)60(50(113-14)32-55(98)92-31-21-25-49(92)66(114-15)42(9)69(104)84-43(10)61(99)46-22-18-17-19-23-46)90(12)74(109)57(39(4)5)89-72(107)59(40(6)7)91(13)78(112)115-37-45-26-28-47(29-27-45)86-70(105)48(24-20-30-80-77(79)111)87-71(106)56(38(2)3)88-54(97)35-82-52(95)33-81-53(96)34-83-73(108)68-64(102)63(101)65(103)76(118-68)117-67-51(36-93)116-75(110)58(62(67)100)85-44(11)94/h17-19,22-23,26-29,38-43,48-51,56-68,75-76,93,99-103,110H,16,20-21,24-25,30-37H2,1-15H3,(H,81,96)(H,82,95)(H,83,108)(H,84,104)(H,85,94)(H,86,105)(H,87,106)(H,88,97)(H,89,107)(H3,79,80,111)/t41-,42+,43+,48-,49+,50+,51?,56-,57-,58?,59-,60-,61+,62+,63-,64-,65?,66+,67+,68?,75+,76+/m0/s1. The van der Waals surface area contributed by atoms with E-state index in [2.05, 4.69) is 53.2 Å². The molecular formula is C78H124N14O26. The number of likely N-dealkylation sites (N-methyl/N-ethyl adjacent to an activating group) is 2. The zero-order valence-electron chi connectivity index (χ0n) is 69.6. The summed E-state index contributed by atoms with van der Waals surface area (Å²) in [6.45, 7) is 15.5. The third-order valence-corrected chi connectivity index (χ3v) is 21.2. The number of nitrogens with zero attached hydrogens (tertiary/aromatic N) is 3. The SMILES string of the molecule is CC[C@H](C)[C@@H]([C@@H](CC(=O)N1CCC[C@@H]1[C@H](OC)[C@@H](C)C(=O)N[C@H](C)[C@@H](O)c1ccccc1)OC)N(C)C(=O)[C@@H](NC(=O)[C@H](C(C)C)N(C)C(=O)OCc1ccc(NC(=O)[C@H](CCCNC(N)=O)NC(=O)[C@@H](NC(=O)CNC(=O)CNC(=O)CNC(=O)C2O[C@@H](O[C@@H]3C(CO)O[C@@H](O)C(NC(C)=O)[C@H]3O)C(O)[C@@H](O)[C@@H]2O)C(C)C)cc1)C(C)C. The number of nitrogens with one attached hydrogen (secondary N) is 10. The van der Waals surface area contributed by atoms with E-state index in [0.717, 1.165) is 11.8 Å². The predicted molar refractivity (Wildman–Crippen MR) is 421 cm³/mol. The summed E-state index contributed by atoms with van der Waals surface area (Å²) < 4.78 is 34.0. The van der Waals surface area contributed by atoms with Crippen molar-refractivity contribution in [1.82, 2.24) is 62.6 Å². The van der Waals surface area contributed by atoms with Gasteiger partial charge >= 0.3 is 12.1 Å². The molecule has 2 aromatic carbocycles. The number of likely N-dealkylation sites (tertiary alicyclic amines) is 1. The molecule has 40 heteroatoms. The molecular weight excluding hydrogens is 1550 g/mol. The number of ether oxygens (including phenoxy) is 6. The van der Waals surface area contributed by atoms with Gasteiger partial charge in [0.05, 0.1) is 75.0 Å². The van der Waals surface area contributed by atoms with Crippen molar-refractivity contribution < 1.29 is 126 Å². The fourth-order valence-electron chi connectivity index (χ4n) is 14.4. The molecule has 3 fully saturated rings. The largest absolute Gasteiger partial charge is 0.445 e. The van der Waals surface area contributed by atoms with Crippen LogP contribution in [0, 0.1) is 29.6 Å². The fraction of sp³-hybridized carbons (Fsp3) is 0.679. The fourth-order valence-corrected chi connectivity index (χ4v) is 14.4. The molecule has 0 aromatic heterocycles. The van der Waals surface area contributed by atoms with Gasteiger partial charge in [-0.15, -0.1) is 0 Å². The maximum absolute atomic E-state index is 14.9. The van der Waals surface area contributed by atoms with Crippen LogP contribution in [-0.4, -0.2) is 311 Å². The zero-order chi connectivity index (χ0) is 88.3. The number of aliphatic hydroxyl groups excluding tert-OH is 7. The summed E-state index contributed by atoms with van der Waals surface area (Å²) in [4.78, 5) is 179. The molecule has 3 aliphatic rings. The first kappa shape index (κ1) is 99.2. The van der Waals surface area contributed by atoms with Gasteiger partial charge in [-0.1, -0.05) is 111 Å². The maximum atomic E-state index is 14.9. The molecule has 118 heavy (non-hydrogen) atoms. The number of hydrogen-bond acceptors (Lipinski definition) is 26. The summed E-state index contributed by atoms with van der Waals surface area (Å²) in [7, 11) is 5.97. The van der Waals surface area contributed by atoms with Crippen LogP contribution in [0.15, 0.2) is 54.6 Å². The Morgan fingerprint density at radius 2 is 1.29 bits per heavy atom. The molecule has 40 nitrogen and oxygen atoms in total. The average molecular weight is 1670 g/mol. The van der Waals surface area contributed by atoms with Crippen molar-refractivity contribution in [2.75, 3.05) is 73.0 Å². The molecule has 19 N–H and O–H groups in total. The average Bonchev–Trinajstić information content (AvgIpc) is 0.825. The lowest BCUT2D eigenvalue weighted by Gasteiger charge is -2.46. The number of nitrogens with two attached hydrogens (primary N) is 1. The van der Waals surface area contributed by atoms with Crippen molar-refractivity contribution in [3.8, 4) is 0 Å². The van der Waals surface area contributed by atoms with Crippen LogP contribution >= 0.6 is 0 Å². The van der Waals surface area contributed by atoms with Crippen LogP contribution in [0.3, 0.4) is 0 Å². The second-order valence-electron chi connectivity index (χ2n) is 31.0. The minimum absolute atomic E-state index is 0.00759. The molecule has 662 valence electrons. The summed E-state index contributed by atoms with van der Waals surface area (Å²) in [5, 5.41) is 98.8. The van der Waals surface area contributed by atoms with Gasteiger partial charge in [0.25, 0.3) is 5.91 Å². The predicted octanol–water partition coefficient (Wildman–Crippen LogP) is -3.29. The first-order valence-corrected chi connectivity index (χ1v) is 39.6. The third kappa shape index (κ3) is 28.2. The molecule has 3 aliphatic heterocycles. The van der Waals surface area contributed by atoms with Gasteiger partial charge in [-0.3, -0.25) is 57.6 Å². The van der Waals surface area contributed by atoms with Gasteiger partial charge in [0.2, 0.25) is 59.1 Å². The summed E-state index contributed by atoms with van der Waals surface area (Å²) in [5.41, 5.74) is 6.58. The Bertz CT molecular complexity index is 3660. The van der Waals surface area contributed by atoms with Crippen molar-refractivity contribution in [3.63, 3.8) is 0 Å². The number of urea groups is 1. The number of aliphatic hydroxyl groups is 7. The van der Waals surface area contributed by atoms with E-state index < -0.39 is 237 Å². The van der Waals surface area contributed by atoms with Crippen LogP contribution in [0.1, 0.15) is 132 Å². The Kier molecular flexibility index (Phi) is 39.9. The molecule has 0 saturated carbocycles. The third-order valence-electron chi connectivity index (χ3n) is 21.2. The number of rotatable bonds is 43. The highest BCUT2D eigenvalue weighted by Gasteiger charge is 2.53. The van der Waals surface area contributed by atoms with E-state index in [1.807, 2.05) is 19.9 Å². The second kappa shape index (κ2) is 47.5. The van der Waals surface area contributed by atoms with Gasteiger partial charge < -0.3 is 133 Å². The second-order valence-corrected chi connectivity index (χ2v) is 31.0. The van der Waals surface area contributed by atoms with E-state index >= 15 is 0 Å². The number of primary amides is 1. The van der Waals surface area contributed by atoms with Crippen LogP contribution in [0.25, 0.3) is 0 Å². The molecule has 4 unspecified atom stereocenters. The van der Waals surface area contributed by atoms with E-state index in [4.69, 9.17) is 34.2 Å². The number of amides is 14. The maximum Gasteiger partial charge on any atom is 0.410 e. The van der Waals surface area contributed by atoms with Crippen molar-refractivity contribution in [1.29, 1.82) is 0 Å². The molecule has 0 bridgehead atoms. The molecule has 5 rings (SSSR count). The number of methoxy groups -OCH3 is 2. The number of hydrogen-bond donors (Lipinski definition) is 18. The van der Waals surface area contributed by atoms with Crippen LogP contribution < -0.4 is 58.9 Å². The number of carbonyl (C=O) groups excluding carboxylic acids is 13. The van der Waals surface area contributed by atoms with Crippen LogP contribution in [0.2, 0.25) is 0 Å². The van der Waals surface area contributed by atoms with Crippen LogP contribution in [0.4, 0.5) is 15.3 Å². The number of anilines is 1. The van der Waals surface area contributed by atoms with Gasteiger partial charge in [-0.05, 0) is 79.5 Å². The molecule has 0 aliphatic carbocycles. The quantitative estimate of drug-likeness (QED) is 0.0289. The van der Waals surface area contributed by atoms with E-state index in [1.54, 1.807) is 104 Å². The minimum atomic E-state index is -2.13. The van der Waals surface area contributed by atoms with Gasteiger partial charge in [-0.2, -0.15) is 0 Å². The summed E-state index contributed by atoms with van der Waals surface area (Å²) in [6, 6.07) is 6.11. The highest BCUT2D eigenvalue weighted by Crippen LogP contribution is 2.33. The highest BCUT2D eigenvalue weighted by atomic mass is 16.7. The zero-order valence-corrected chi connectivity index (χ0v) is 69.6. The van der Waals surface area contributed by atoms with E-state index in [-0.39, 0.29) is 55.8 Å². The van der Waals surface area contributed by atoms with E-state index in [0.29, 0.717) is 36.9 Å². The summed E-state index contributed by atoms with van der Waals surface area (Å²) in [5.74, 6) is -10.5. The Hall–Kier alpha value is -9.33. The highest BCUT2D eigenvalue weighted by molar-refractivity contribution is 5.99. The van der Waals surface area contributed by atoms with Gasteiger partial charge in [-0.25, -0.2) is 9.59 Å². The Morgan fingerprint density at radius 1 is 0.669 bits per heavy atom. The monoisotopic (exact) mass is 1670 g/mol. The van der Waals surface area contributed by atoms with Gasteiger partial charge in [0, 0.05) is 54.0 Å². The Balaban J connectivity index is 1.13. The normalized spacial score (nSPS) is 23.3. The smallest absolute Gasteiger partial charge is 0.410 e. The summed E-state index contributed by atoms with van der Waals surface area (Å²) >= 11 is 0. The van der Waals surface area contributed by atoms with E-state index in [1.165, 1.54) is 38.3 Å². The van der Waals surface area contributed by atoms with Crippen LogP contribution in [-0.2, 0) is 87.8 Å². The topological polar surface area (TPSA) is 575 Å². The molecule has 22 atom stereocenters. The summed E-state index contributed by atoms with van der Waals surface area (Å²) in [6.07, 6.45) is -18.8. The lowest BCUT2D eigenvalue weighted by molar-refractivity contribution is -0.339. The number of benzene rings is 2. The lowest BCUT2D eigenvalue weighted by Crippen LogP contribution is -2.67. The van der Waals surface area contributed by atoms with Gasteiger partial charge in [0.15, 0.2) is 18.7 Å². The minimum Gasteiger partial charge on any atom is -0.445 e. The molecule has 3 heterocycles. The van der Waals surface area contributed by atoms with Crippen molar-refractivity contribution in [2.24, 2.45) is 35.3 Å². The van der Waals surface area contributed by atoms with E-state index in [9.17, 15) is 98.1 Å². The number of carbonyl (C=O) groups is 13. The Morgan fingerprint density at radius 3 is 1.86 bits per heavy atom. The lowest BCUT2D eigenvalue weighted by atomic mass is 9.89. The first-order valence-electron chi connectivity index (χ1n) is 39.6. The van der Waals surface area contributed by atoms with Crippen molar-refractivity contribution in [2.45, 2.75) is 243 Å². The molecule has 3 saturated heterocycles. The molecule has 0 spiro atoms. The van der Waals surface area contributed by atoms with Gasteiger partial charge in [0.1, 0.15) is 73.4 Å². The Labute approximate surface area is 686 Å². The molecule has 2 aromatic rings. The molecule has 14 amide bonds. The van der Waals surface area contributed by atoms with Crippen molar-refractivity contribution in [3.05, 3.63) is 65.7 Å². The van der Waals surface area contributed by atoms with Crippen LogP contribution in [0.5, 0.6) is 0 Å².